The lowest BCUT2D eigenvalue weighted by atomic mass is 10.1. The normalized spacial score (nSPS) is 19.6. The maximum Gasteiger partial charge on any atom is 0.368 e. The van der Waals surface area contributed by atoms with Gasteiger partial charge in [0.15, 0.2) is 0 Å². The Morgan fingerprint density at radius 3 is 3.00 bits per heavy atom. The number of pyridine rings is 1. The maximum atomic E-state index is 13.4. The zero-order valence-electron chi connectivity index (χ0n) is 14.3. The topological polar surface area (TPSA) is 48.3 Å². The lowest BCUT2D eigenvalue weighted by Crippen LogP contribution is -2.50. The second-order valence-electron chi connectivity index (χ2n) is 6.43. The van der Waals surface area contributed by atoms with Gasteiger partial charge in [0.05, 0.1) is 12.1 Å². The van der Waals surface area contributed by atoms with Crippen LogP contribution in [-0.4, -0.2) is 41.5 Å². The summed E-state index contributed by atoms with van der Waals surface area (Å²) >= 11 is 0. The first-order chi connectivity index (χ1) is 12.5. The second kappa shape index (κ2) is 6.66. The average Bonchev–Trinajstić information content (AvgIpc) is 3.05. The summed E-state index contributed by atoms with van der Waals surface area (Å²) in [5, 5.41) is 3.50. The molecule has 1 N–H and O–H groups in total. The van der Waals surface area contributed by atoms with Crippen LogP contribution in [0, 0.1) is 0 Å². The van der Waals surface area contributed by atoms with Crippen LogP contribution in [-0.2, 0) is 11.8 Å². The molecule has 136 valence electrons. The molecule has 2 aromatic heterocycles. The van der Waals surface area contributed by atoms with E-state index < -0.39 is 18.8 Å². The Hall–Kier alpha value is -2.51. The fourth-order valence-corrected chi connectivity index (χ4v) is 3.09. The lowest BCUT2D eigenvalue weighted by molar-refractivity contribution is -0.276. The number of hydrogen-bond donors (Lipinski definition) is 1. The van der Waals surface area contributed by atoms with E-state index in [1.54, 1.807) is 6.20 Å². The van der Waals surface area contributed by atoms with E-state index in [0.29, 0.717) is 12.3 Å². The molecule has 1 aliphatic heterocycles. The molecule has 0 unspecified atom stereocenters. The monoisotopic (exact) mass is 359 g/mol. The predicted octanol–water partition coefficient (Wildman–Crippen LogP) is 3.20. The highest BCUT2D eigenvalue weighted by molar-refractivity contribution is 5.89. The van der Waals surface area contributed by atoms with Gasteiger partial charge in [-0.05, 0) is 41.5 Å². The molecule has 3 heterocycles. The SMILES string of the molecule is Cn1ccc(-c2cc(OC[C@@H]3CNCC(F)(F)O3)c3cccnc3c2)c1. The number of aromatic nitrogens is 2. The molecule has 7 heteroatoms. The molecule has 26 heavy (non-hydrogen) atoms. The number of ether oxygens (including phenoxy) is 2. The molecule has 0 bridgehead atoms. The van der Waals surface area contributed by atoms with Crippen LogP contribution in [0.1, 0.15) is 0 Å². The largest absolute Gasteiger partial charge is 0.490 e. The number of fused-ring (bicyclic) bond motifs is 1. The maximum absolute atomic E-state index is 13.4. The Balaban J connectivity index is 1.63. The van der Waals surface area contributed by atoms with E-state index in [1.807, 2.05) is 54.3 Å². The molecule has 5 nitrogen and oxygen atoms in total. The van der Waals surface area contributed by atoms with Crippen molar-refractivity contribution in [3.63, 3.8) is 0 Å². The molecule has 0 amide bonds. The molecule has 4 rings (SSSR count). The van der Waals surface area contributed by atoms with Gasteiger partial charge in [0, 0.05) is 37.6 Å². The van der Waals surface area contributed by atoms with E-state index in [2.05, 4.69) is 10.3 Å². The van der Waals surface area contributed by atoms with Crippen molar-refractivity contribution in [1.82, 2.24) is 14.9 Å². The van der Waals surface area contributed by atoms with Gasteiger partial charge in [-0.1, -0.05) is 0 Å². The van der Waals surface area contributed by atoms with Crippen molar-refractivity contribution >= 4 is 10.9 Å². The number of benzene rings is 1. The molecule has 0 saturated carbocycles. The fraction of sp³-hybridized carbons (Fsp3) is 0.316. The van der Waals surface area contributed by atoms with Crippen molar-refractivity contribution in [3.8, 4) is 16.9 Å². The van der Waals surface area contributed by atoms with Gasteiger partial charge in [0.25, 0.3) is 0 Å². The minimum Gasteiger partial charge on any atom is -0.490 e. The van der Waals surface area contributed by atoms with Crippen molar-refractivity contribution in [2.24, 2.45) is 7.05 Å². The van der Waals surface area contributed by atoms with Crippen LogP contribution in [0.15, 0.2) is 48.9 Å². The van der Waals surface area contributed by atoms with E-state index >= 15 is 0 Å². The fourth-order valence-electron chi connectivity index (χ4n) is 3.09. The zero-order valence-corrected chi connectivity index (χ0v) is 14.3. The average molecular weight is 359 g/mol. The Morgan fingerprint density at radius 2 is 2.23 bits per heavy atom. The molecule has 1 atom stereocenters. The third-order valence-electron chi connectivity index (χ3n) is 4.31. The van der Waals surface area contributed by atoms with Gasteiger partial charge in [-0.15, -0.1) is 0 Å². The summed E-state index contributed by atoms with van der Waals surface area (Å²) in [7, 11) is 1.95. The minimum atomic E-state index is -3.16. The van der Waals surface area contributed by atoms with E-state index in [-0.39, 0.29) is 6.61 Å². The van der Waals surface area contributed by atoms with Crippen LogP contribution in [0.25, 0.3) is 22.0 Å². The number of halogens is 2. The molecule has 1 aromatic carbocycles. The van der Waals surface area contributed by atoms with Crippen molar-refractivity contribution in [2.75, 3.05) is 19.7 Å². The van der Waals surface area contributed by atoms with Crippen LogP contribution >= 0.6 is 0 Å². The Morgan fingerprint density at radius 1 is 1.35 bits per heavy atom. The summed E-state index contributed by atoms with van der Waals surface area (Å²) in [6.45, 7) is -0.116. The number of nitrogens with zero attached hydrogens (tertiary/aromatic N) is 2. The van der Waals surface area contributed by atoms with Gasteiger partial charge >= 0.3 is 6.11 Å². The number of morpholine rings is 1. The molecule has 0 radical (unpaired) electrons. The highest BCUT2D eigenvalue weighted by Crippen LogP contribution is 2.32. The summed E-state index contributed by atoms with van der Waals surface area (Å²) in [5.41, 5.74) is 2.78. The summed E-state index contributed by atoms with van der Waals surface area (Å²) in [6.07, 6.45) is 1.80. The summed E-state index contributed by atoms with van der Waals surface area (Å²) in [6, 6.07) is 9.63. The number of hydrogen-bond acceptors (Lipinski definition) is 4. The Bertz CT molecular complexity index is 926. The Labute approximate surface area is 149 Å². The zero-order chi connectivity index (χ0) is 18.1. The first kappa shape index (κ1) is 16.9. The Kier molecular flexibility index (Phi) is 4.34. The van der Waals surface area contributed by atoms with Gasteiger partial charge in [0.2, 0.25) is 0 Å². The van der Waals surface area contributed by atoms with E-state index in [1.165, 1.54) is 0 Å². The van der Waals surface area contributed by atoms with Crippen molar-refractivity contribution in [2.45, 2.75) is 12.2 Å². The quantitative estimate of drug-likeness (QED) is 0.777. The standard InChI is InChI=1S/C19H19F2N3O2/c1-24-6-4-13(10-24)14-7-17-16(3-2-5-23-17)18(8-14)25-11-15-9-22-12-19(20,21)26-15/h2-8,10,15,22H,9,11-12H2,1H3/t15-/m0/s1. The molecule has 1 fully saturated rings. The number of nitrogens with one attached hydrogen (secondary N) is 1. The van der Waals surface area contributed by atoms with Gasteiger partial charge in [-0.25, -0.2) is 0 Å². The van der Waals surface area contributed by atoms with E-state index in [9.17, 15) is 8.78 Å². The van der Waals surface area contributed by atoms with Crippen molar-refractivity contribution in [3.05, 3.63) is 48.9 Å². The third-order valence-corrected chi connectivity index (χ3v) is 4.31. The summed E-state index contributed by atoms with van der Waals surface area (Å²) < 4.78 is 39.4. The van der Waals surface area contributed by atoms with Crippen LogP contribution in [0.2, 0.25) is 0 Å². The molecular formula is C19H19F2N3O2. The smallest absolute Gasteiger partial charge is 0.368 e. The molecule has 3 aromatic rings. The molecule has 0 aliphatic carbocycles. The van der Waals surface area contributed by atoms with Crippen molar-refractivity contribution in [1.29, 1.82) is 0 Å². The van der Waals surface area contributed by atoms with Gasteiger partial charge in [-0.2, -0.15) is 8.78 Å². The second-order valence-corrected chi connectivity index (χ2v) is 6.43. The summed E-state index contributed by atoms with van der Waals surface area (Å²) in [5.74, 6) is 0.604. The van der Waals surface area contributed by atoms with Gasteiger partial charge in [-0.3, -0.25) is 4.98 Å². The van der Waals surface area contributed by atoms with Crippen LogP contribution < -0.4 is 10.1 Å². The predicted molar refractivity (Wildman–Crippen MR) is 94.3 cm³/mol. The number of rotatable bonds is 4. The third kappa shape index (κ3) is 3.54. The molecular weight excluding hydrogens is 340 g/mol. The number of alkyl halides is 2. The van der Waals surface area contributed by atoms with Gasteiger partial charge in [0.1, 0.15) is 18.5 Å². The van der Waals surface area contributed by atoms with Crippen LogP contribution in [0.5, 0.6) is 5.75 Å². The summed E-state index contributed by atoms with van der Waals surface area (Å²) in [4.78, 5) is 4.40. The first-order valence-electron chi connectivity index (χ1n) is 8.40. The van der Waals surface area contributed by atoms with E-state index in [0.717, 1.165) is 22.0 Å². The van der Waals surface area contributed by atoms with Crippen LogP contribution in [0.3, 0.4) is 0 Å². The molecule has 1 saturated heterocycles. The van der Waals surface area contributed by atoms with Gasteiger partial charge < -0.3 is 19.4 Å². The molecule has 1 aliphatic rings. The highest BCUT2D eigenvalue weighted by atomic mass is 19.3. The number of aryl methyl sites for hydroxylation is 1. The minimum absolute atomic E-state index is 0.0326. The highest BCUT2D eigenvalue weighted by Gasteiger charge is 2.37. The van der Waals surface area contributed by atoms with E-state index in [4.69, 9.17) is 9.47 Å². The van der Waals surface area contributed by atoms with Crippen molar-refractivity contribution < 1.29 is 18.3 Å². The molecule has 0 spiro atoms. The lowest BCUT2D eigenvalue weighted by Gasteiger charge is -2.30. The van der Waals surface area contributed by atoms with Crippen LogP contribution in [0.4, 0.5) is 8.78 Å². The first-order valence-corrected chi connectivity index (χ1v) is 8.40.